The summed E-state index contributed by atoms with van der Waals surface area (Å²) in [6.45, 7) is 1.81. The predicted octanol–water partition coefficient (Wildman–Crippen LogP) is 2.19. The van der Waals surface area contributed by atoms with Crippen LogP contribution in [0.1, 0.15) is 16.6 Å². The van der Waals surface area contributed by atoms with Crippen LogP contribution < -0.4 is 0 Å². The highest BCUT2D eigenvalue weighted by molar-refractivity contribution is 7.12. The van der Waals surface area contributed by atoms with Crippen LogP contribution in [0.4, 0.5) is 0 Å². The molecule has 0 radical (unpaired) electrons. The number of rotatable bonds is 5. The van der Waals surface area contributed by atoms with Gasteiger partial charge in [-0.25, -0.2) is 0 Å². The maximum atomic E-state index is 11.8. The molecule has 0 spiro atoms. The second-order valence-corrected chi connectivity index (χ2v) is 3.92. The molecule has 1 unspecified atom stereocenters. The molecule has 0 aliphatic rings. The lowest BCUT2D eigenvalue weighted by Gasteiger charge is -2.19. The van der Waals surface area contributed by atoms with Gasteiger partial charge in [-0.2, -0.15) is 0 Å². The molecule has 0 amide bonds. The monoisotopic (exact) mass is 214 g/mol. The van der Waals surface area contributed by atoms with Crippen LogP contribution in [0.25, 0.3) is 0 Å². The van der Waals surface area contributed by atoms with Gasteiger partial charge in [-0.3, -0.25) is 4.79 Å². The normalized spacial score (nSPS) is 13.1. The molecule has 0 aliphatic carbocycles. The van der Waals surface area contributed by atoms with E-state index in [0.29, 0.717) is 0 Å². The summed E-state index contributed by atoms with van der Waals surface area (Å²) in [6, 6.07) is 3.67. The third-order valence-corrected chi connectivity index (χ3v) is 2.93. The highest BCUT2D eigenvalue weighted by Gasteiger charge is 2.25. The van der Waals surface area contributed by atoms with Crippen LogP contribution in [0.5, 0.6) is 0 Å². The number of carbonyl (C=O) groups excluding carboxylic acids is 1. The van der Waals surface area contributed by atoms with E-state index in [2.05, 4.69) is 0 Å². The van der Waals surface area contributed by atoms with Gasteiger partial charge in [0.25, 0.3) is 0 Å². The van der Waals surface area contributed by atoms with Gasteiger partial charge in [-0.15, -0.1) is 11.3 Å². The Hall–Kier alpha value is -0.710. The van der Waals surface area contributed by atoms with E-state index in [0.717, 1.165) is 4.88 Å². The highest BCUT2D eigenvalue weighted by Crippen LogP contribution is 2.18. The molecule has 4 heteroatoms. The average molecular weight is 214 g/mol. The molecule has 1 rings (SSSR count). The van der Waals surface area contributed by atoms with E-state index in [4.69, 9.17) is 9.47 Å². The van der Waals surface area contributed by atoms with E-state index >= 15 is 0 Å². The van der Waals surface area contributed by atoms with Crippen LogP contribution in [0.2, 0.25) is 0 Å². The summed E-state index contributed by atoms with van der Waals surface area (Å²) in [5, 5.41) is 1.88. The molecule has 1 aromatic rings. The summed E-state index contributed by atoms with van der Waals surface area (Å²) < 4.78 is 10.1. The fraction of sp³-hybridized carbons (Fsp3) is 0.500. The van der Waals surface area contributed by atoms with Crippen molar-refractivity contribution in [2.45, 2.75) is 13.2 Å². The molecule has 1 aromatic heterocycles. The number of ether oxygens (including phenoxy) is 2. The van der Waals surface area contributed by atoms with Gasteiger partial charge in [0.05, 0.1) is 10.8 Å². The summed E-state index contributed by atoms with van der Waals surface area (Å²) in [6.07, 6.45) is -0.468. The molecule has 14 heavy (non-hydrogen) atoms. The Bertz CT molecular complexity index is 278. The topological polar surface area (TPSA) is 35.5 Å². The minimum Gasteiger partial charge on any atom is -0.355 e. The van der Waals surface area contributed by atoms with Crippen LogP contribution in [0, 0.1) is 5.92 Å². The van der Waals surface area contributed by atoms with Crippen molar-refractivity contribution >= 4 is 17.1 Å². The van der Waals surface area contributed by atoms with E-state index in [1.807, 2.05) is 17.5 Å². The van der Waals surface area contributed by atoms with Crippen LogP contribution >= 0.6 is 11.3 Å². The highest BCUT2D eigenvalue weighted by atomic mass is 32.1. The van der Waals surface area contributed by atoms with Gasteiger partial charge in [0.2, 0.25) is 0 Å². The minimum absolute atomic E-state index is 0.0636. The minimum atomic E-state index is -0.468. The Morgan fingerprint density at radius 3 is 2.50 bits per heavy atom. The molecule has 0 bridgehead atoms. The van der Waals surface area contributed by atoms with Gasteiger partial charge in [0.1, 0.15) is 0 Å². The first-order valence-corrected chi connectivity index (χ1v) is 5.22. The molecule has 0 fully saturated rings. The van der Waals surface area contributed by atoms with Gasteiger partial charge in [0.15, 0.2) is 12.1 Å². The van der Waals surface area contributed by atoms with Crippen molar-refractivity contribution in [3.63, 3.8) is 0 Å². The lowest BCUT2D eigenvalue weighted by Crippen LogP contribution is -2.28. The summed E-state index contributed by atoms with van der Waals surface area (Å²) in [5.41, 5.74) is 0. The van der Waals surface area contributed by atoms with Crippen molar-refractivity contribution in [1.82, 2.24) is 0 Å². The van der Waals surface area contributed by atoms with E-state index in [-0.39, 0.29) is 11.7 Å². The van der Waals surface area contributed by atoms with E-state index in [1.54, 1.807) is 6.92 Å². The van der Waals surface area contributed by atoms with Gasteiger partial charge < -0.3 is 9.47 Å². The molecule has 1 atom stereocenters. The van der Waals surface area contributed by atoms with Crippen molar-refractivity contribution in [2.75, 3.05) is 14.2 Å². The summed E-state index contributed by atoms with van der Waals surface area (Å²) in [4.78, 5) is 12.6. The first-order chi connectivity index (χ1) is 6.70. The molecule has 0 aliphatic heterocycles. The van der Waals surface area contributed by atoms with E-state index < -0.39 is 6.29 Å². The Morgan fingerprint density at radius 2 is 2.07 bits per heavy atom. The molecule has 3 nitrogen and oxygen atoms in total. The van der Waals surface area contributed by atoms with Gasteiger partial charge >= 0.3 is 0 Å². The molecular formula is C10H14O3S. The number of hydrogen-bond donors (Lipinski definition) is 0. The van der Waals surface area contributed by atoms with Crippen LogP contribution in [0.3, 0.4) is 0 Å². The molecule has 78 valence electrons. The van der Waals surface area contributed by atoms with Gasteiger partial charge in [0, 0.05) is 14.2 Å². The zero-order valence-corrected chi connectivity index (χ0v) is 9.34. The molecule has 0 saturated heterocycles. The standard InChI is InChI=1S/C10H14O3S/c1-7(10(12-2)13-3)9(11)8-5-4-6-14-8/h4-7,10H,1-3H3. The number of methoxy groups -OCH3 is 2. The summed E-state index contributed by atoms with van der Waals surface area (Å²) in [7, 11) is 3.07. The molecular weight excluding hydrogens is 200 g/mol. The first kappa shape index (κ1) is 11.4. The third-order valence-electron chi connectivity index (χ3n) is 2.05. The van der Waals surface area contributed by atoms with Crippen molar-refractivity contribution in [1.29, 1.82) is 0 Å². The fourth-order valence-corrected chi connectivity index (χ4v) is 2.03. The maximum absolute atomic E-state index is 11.8. The molecule has 1 heterocycles. The summed E-state index contributed by atoms with van der Waals surface area (Å²) >= 11 is 1.44. The number of carbonyl (C=O) groups is 1. The first-order valence-electron chi connectivity index (χ1n) is 4.34. The Balaban J connectivity index is 2.69. The number of thiophene rings is 1. The van der Waals surface area contributed by atoms with Crippen molar-refractivity contribution in [3.05, 3.63) is 22.4 Å². The zero-order valence-electron chi connectivity index (χ0n) is 8.52. The fourth-order valence-electron chi connectivity index (χ4n) is 1.27. The Kier molecular flexibility index (Phi) is 4.25. The molecule has 0 saturated carbocycles. The molecule has 0 N–H and O–H groups in total. The Morgan fingerprint density at radius 1 is 1.43 bits per heavy atom. The average Bonchev–Trinajstić information content (AvgIpc) is 2.71. The van der Waals surface area contributed by atoms with E-state index in [1.165, 1.54) is 25.6 Å². The Labute approximate surface area is 87.7 Å². The maximum Gasteiger partial charge on any atom is 0.180 e. The van der Waals surface area contributed by atoms with Crippen molar-refractivity contribution in [3.8, 4) is 0 Å². The number of Topliss-reactive ketones (excluding diaryl/α,β-unsaturated/α-hetero) is 1. The second kappa shape index (κ2) is 5.24. The predicted molar refractivity (Wildman–Crippen MR) is 55.6 cm³/mol. The summed E-state index contributed by atoms with van der Waals surface area (Å²) in [5.74, 6) is -0.211. The quantitative estimate of drug-likeness (QED) is 0.556. The van der Waals surface area contributed by atoms with Gasteiger partial charge in [-0.05, 0) is 11.4 Å². The number of hydrogen-bond acceptors (Lipinski definition) is 4. The lowest BCUT2D eigenvalue weighted by molar-refractivity contribution is -0.123. The zero-order chi connectivity index (χ0) is 10.6. The number of ketones is 1. The van der Waals surface area contributed by atoms with Crippen LogP contribution in [-0.2, 0) is 9.47 Å². The van der Waals surface area contributed by atoms with E-state index in [9.17, 15) is 4.79 Å². The largest absolute Gasteiger partial charge is 0.355 e. The third kappa shape index (κ3) is 2.41. The van der Waals surface area contributed by atoms with Gasteiger partial charge in [-0.1, -0.05) is 13.0 Å². The molecule has 0 aromatic carbocycles. The van der Waals surface area contributed by atoms with Crippen LogP contribution in [-0.4, -0.2) is 26.3 Å². The van der Waals surface area contributed by atoms with Crippen LogP contribution in [0.15, 0.2) is 17.5 Å². The van der Waals surface area contributed by atoms with Crippen molar-refractivity contribution in [2.24, 2.45) is 5.92 Å². The van der Waals surface area contributed by atoms with Crippen molar-refractivity contribution < 1.29 is 14.3 Å². The lowest BCUT2D eigenvalue weighted by atomic mass is 10.1. The SMILES string of the molecule is COC(OC)C(C)C(=O)c1cccs1. The second-order valence-electron chi connectivity index (χ2n) is 2.97. The smallest absolute Gasteiger partial charge is 0.180 e.